The number of anilines is 1. The third-order valence-electron chi connectivity index (χ3n) is 4.53. The number of nitrogens with one attached hydrogen (secondary N) is 1. The van der Waals surface area contributed by atoms with Crippen molar-refractivity contribution in [1.82, 2.24) is 4.72 Å². The van der Waals surface area contributed by atoms with Gasteiger partial charge in [0.1, 0.15) is 5.92 Å². The van der Waals surface area contributed by atoms with Crippen molar-refractivity contribution in [2.75, 3.05) is 11.4 Å². The van der Waals surface area contributed by atoms with Gasteiger partial charge in [0.15, 0.2) is 0 Å². The van der Waals surface area contributed by atoms with Crippen molar-refractivity contribution in [2.24, 2.45) is 5.92 Å². The Balaban J connectivity index is 1.80. The topological polar surface area (TPSA) is 83.6 Å². The van der Waals surface area contributed by atoms with Crippen LogP contribution in [0.1, 0.15) is 17.5 Å². The lowest BCUT2D eigenvalue weighted by Crippen LogP contribution is -2.40. The number of hydrogen-bond acceptors (Lipinski definition) is 4. The van der Waals surface area contributed by atoms with E-state index in [0.717, 1.165) is 10.0 Å². The van der Waals surface area contributed by atoms with Gasteiger partial charge in [-0.2, -0.15) is 0 Å². The summed E-state index contributed by atoms with van der Waals surface area (Å²) in [5, 5.41) is 0. The summed E-state index contributed by atoms with van der Waals surface area (Å²) in [5.41, 5.74) is 1.97. The maximum atomic E-state index is 12.7. The molecule has 142 valence electrons. The Bertz CT molecular complexity index is 1020. The average molecular weight is 451 g/mol. The fourth-order valence-corrected chi connectivity index (χ4v) is 4.94. The van der Waals surface area contributed by atoms with E-state index in [1.807, 2.05) is 6.07 Å². The van der Waals surface area contributed by atoms with E-state index in [2.05, 4.69) is 20.7 Å². The first-order chi connectivity index (χ1) is 12.7. The minimum Gasteiger partial charge on any atom is -0.311 e. The van der Waals surface area contributed by atoms with E-state index >= 15 is 0 Å². The molecule has 1 heterocycles. The molecule has 0 aliphatic carbocycles. The van der Waals surface area contributed by atoms with Crippen molar-refractivity contribution in [3.05, 3.63) is 58.1 Å². The van der Waals surface area contributed by atoms with Crippen molar-refractivity contribution >= 4 is 43.5 Å². The van der Waals surface area contributed by atoms with Crippen molar-refractivity contribution < 1.29 is 18.0 Å². The van der Waals surface area contributed by atoms with Crippen molar-refractivity contribution in [3.8, 4) is 0 Å². The molecule has 1 unspecified atom stereocenters. The molecular formula is C19H19BrN2O4S. The zero-order valence-electron chi connectivity index (χ0n) is 14.9. The third-order valence-corrected chi connectivity index (χ3v) is 6.69. The summed E-state index contributed by atoms with van der Waals surface area (Å²) < 4.78 is 28.1. The summed E-state index contributed by atoms with van der Waals surface area (Å²) in [6, 6.07) is 12.2. The molecule has 0 radical (unpaired) electrons. The van der Waals surface area contributed by atoms with Gasteiger partial charge in [0.2, 0.25) is 11.8 Å². The van der Waals surface area contributed by atoms with E-state index in [0.29, 0.717) is 17.8 Å². The highest BCUT2D eigenvalue weighted by Crippen LogP contribution is 2.31. The van der Waals surface area contributed by atoms with Crippen LogP contribution in [0.3, 0.4) is 0 Å². The molecule has 2 aromatic carbocycles. The van der Waals surface area contributed by atoms with Gasteiger partial charge in [-0.15, -0.1) is 0 Å². The molecule has 0 aromatic heterocycles. The number of amides is 2. The summed E-state index contributed by atoms with van der Waals surface area (Å²) in [6.45, 7) is 3.79. The Labute approximate surface area is 166 Å². The zero-order chi connectivity index (χ0) is 19.8. The molecule has 1 atom stereocenters. The van der Waals surface area contributed by atoms with Gasteiger partial charge < -0.3 is 4.90 Å². The number of halogens is 1. The summed E-state index contributed by atoms with van der Waals surface area (Å²) in [6.07, 6.45) is 0.258. The number of para-hydroxylation sites is 1. The van der Waals surface area contributed by atoms with Crippen molar-refractivity contribution in [2.45, 2.75) is 25.2 Å². The summed E-state index contributed by atoms with van der Waals surface area (Å²) >= 11 is 3.39. The van der Waals surface area contributed by atoms with Crippen LogP contribution in [0.2, 0.25) is 0 Å². The molecule has 0 bridgehead atoms. The number of nitrogens with zero attached hydrogens (tertiary/aromatic N) is 1. The van der Waals surface area contributed by atoms with E-state index in [4.69, 9.17) is 0 Å². The number of carbonyl (C=O) groups is 2. The number of rotatable bonds is 4. The Kier molecular flexibility index (Phi) is 5.39. The summed E-state index contributed by atoms with van der Waals surface area (Å²) in [5.74, 6) is -2.23. The third kappa shape index (κ3) is 3.91. The quantitative estimate of drug-likeness (QED) is 0.725. The lowest BCUT2D eigenvalue weighted by Gasteiger charge is -2.18. The van der Waals surface area contributed by atoms with E-state index in [1.165, 1.54) is 11.0 Å². The fraction of sp³-hybridized carbons (Fsp3) is 0.263. The van der Waals surface area contributed by atoms with Crippen LogP contribution < -0.4 is 9.62 Å². The van der Waals surface area contributed by atoms with E-state index < -0.39 is 27.8 Å². The Morgan fingerprint density at radius 3 is 2.59 bits per heavy atom. The smallest absolute Gasteiger partial charge is 0.264 e. The molecule has 8 heteroatoms. The lowest BCUT2D eigenvalue weighted by atomic mass is 10.1. The summed E-state index contributed by atoms with van der Waals surface area (Å²) in [4.78, 5) is 26.8. The molecule has 0 spiro atoms. The van der Waals surface area contributed by atoms with Crippen LogP contribution in [0.25, 0.3) is 0 Å². The van der Waals surface area contributed by atoms with Gasteiger partial charge in [0.05, 0.1) is 10.6 Å². The summed E-state index contributed by atoms with van der Waals surface area (Å²) in [7, 11) is -4.04. The van der Waals surface area contributed by atoms with Crippen LogP contribution >= 0.6 is 15.9 Å². The molecule has 27 heavy (non-hydrogen) atoms. The second-order valence-corrected chi connectivity index (χ2v) is 9.03. The Morgan fingerprint density at radius 2 is 1.89 bits per heavy atom. The monoisotopic (exact) mass is 450 g/mol. The predicted octanol–water partition coefficient (Wildman–Crippen LogP) is 2.92. The van der Waals surface area contributed by atoms with Crippen LogP contribution in [0.5, 0.6) is 0 Å². The normalized spacial score (nSPS) is 17.2. The average Bonchev–Trinajstić information content (AvgIpc) is 2.98. The standard InChI is InChI=1S/C19H19BrN2O4S/c1-12-7-8-13(2)17(11-12)27(25,26)21-18(23)14-9-10-22(19(14)24)16-6-4-3-5-15(16)20/h3-8,11,14H,9-10H2,1-2H3,(H,21,23). The van der Waals surface area contributed by atoms with Gasteiger partial charge in [0, 0.05) is 11.0 Å². The highest BCUT2D eigenvalue weighted by atomic mass is 79.9. The van der Waals surface area contributed by atoms with Crippen molar-refractivity contribution in [3.63, 3.8) is 0 Å². The number of benzene rings is 2. The van der Waals surface area contributed by atoms with Gasteiger partial charge in [-0.3, -0.25) is 9.59 Å². The molecule has 1 saturated heterocycles. The fourth-order valence-electron chi connectivity index (χ4n) is 3.09. The van der Waals surface area contributed by atoms with E-state index in [9.17, 15) is 18.0 Å². The Morgan fingerprint density at radius 1 is 1.19 bits per heavy atom. The first-order valence-corrected chi connectivity index (χ1v) is 10.7. The highest BCUT2D eigenvalue weighted by Gasteiger charge is 2.39. The second kappa shape index (κ2) is 7.44. The van der Waals surface area contributed by atoms with Gasteiger partial charge in [-0.05, 0) is 65.5 Å². The SMILES string of the molecule is Cc1ccc(C)c(S(=O)(=O)NC(=O)C2CCN(c3ccccc3Br)C2=O)c1. The molecule has 1 aliphatic rings. The maximum absolute atomic E-state index is 12.7. The number of sulfonamides is 1. The number of carbonyl (C=O) groups excluding carboxylic acids is 2. The molecule has 1 N–H and O–H groups in total. The first-order valence-electron chi connectivity index (χ1n) is 8.40. The Hall–Kier alpha value is -2.19. The number of aryl methyl sites for hydroxylation is 2. The second-order valence-electron chi connectivity index (χ2n) is 6.52. The molecule has 3 rings (SSSR count). The van der Waals surface area contributed by atoms with Gasteiger partial charge in [0.25, 0.3) is 10.0 Å². The van der Waals surface area contributed by atoms with E-state index in [-0.39, 0.29) is 11.3 Å². The molecular weight excluding hydrogens is 432 g/mol. The predicted molar refractivity (Wildman–Crippen MR) is 106 cm³/mol. The highest BCUT2D eigenvalue weighted by molar-refractivity contribution is 9.10. The van der Waals surface area contributed by atoms with Gasteiger partial charge >= 0.3 is 0 Å². The lowest BCUT2D eigenvalue weighted by molar-refractivity contribution is -0.130. The number of hydrogen-bond donors (Lipinski definition) is 1. The van der Waals surface area contributed by atoms with Crippen LogP contribution in [-0.2, 0) is 19.6 Å². The van der Waals surface area contributed by atoms with Crippen molar-refractivity contribution in [1.29, 1.82) is 0 Å². The minimum atomic E-state index is -4.04. The van der Waals surface area contributed by atoms with Crippen LogP contribution in [-0.4, -0.2) is 26.8 Å². The van der Waals surface area contributed by atoms with Crippen LogP contribution in [0, 0.1) is 19.8 Å². The largest absolute Gasteiger partial charge is 0.311 e. The molecule has 6 nitrogen and oxygen atoms in total. The molecule has 0 saturated carbocycles. The van der Waals surface area contributed by atoms with Gasteiger partial charge in [-0.25, -0.2) is 13.1 Å². The maximum Gasteiger partial charge on any atom is 0.264 e. The van der Waals surface area contributed by atoms with Crippen LogP contribution in [0.4, 0.5) is 5.69 Å². The molecule has 1 aliphatic heterocycles. The molecule has 2 amide bonds. The zero-order valence-corrected chi connectivity index (χ0v) is 17.3. The van der Waals surface area contributed by atoms with Crippen LogP contribution in [0.15, 0.2) is 51.8 Å². The molecule has 2 aromatic rings. The minimum absolute atomic E-state index is 0.0453. The van der Waals surface area contributed by atoms with Gasteiger partial charge in [-0.1, -0.05) is 24.3 Å². The first kappa shape index (κ1) is 19.6. The van der Waals surface area contributed by atoms with E-state index in [1.54, 1.807) is 44.2 Å². The molecule has 1 fully saturated rings.